The summed E-state index contributed by atoms with van der Waals surface area (Å²) < 4.78 is 104. The van der Waals surface area contributed by atoms with Gasteiger partial charge in [-0.1, -0.05) is 91.0 Å². The Kier molecular flexibility index (Phi) is 16.0. The molecular weight excluding hydrogens is 757 g/mol. The number of benzene rings is 3. The number of halogens is 3. The van der Waals surface area contributed by atoms with Gasteiger partial charge in [0.2, 0.25) is 0 Å². The summed E-state index contributed by atoms with van der Waals surface area (Å²) in [5.74, 6) is -5.54. The Hall–Kier alpha value is -4.42. The predicted octanol–water partition coefficient (Wildman–Crippen LogP) is 5.46. The summed E-state index contributed by atoms with van der Waals surface area (Å²) >= 11 is 0. The Morgan fingerprint density at radius 2 is 0.982 bits per heavy atom. The van der Waals surface area contributed by atoms with Crippen molar-refractivity contribution < 1.29 is 74.9 Å². The fraction of sp³-hybridized carbons (Fsp3) is 0.488. The van der Waals surface area contributed by atoms with Crippen LogP contribution in [0.3, 0.4) is 0 Å². The maximum atomic E-state index is 15.0. The summed E-state index contributed by atoms with van der Waals surface area (Å²) in [6.07, 6.45) is -18.0. The first kappa shape index (κ1) is 43.7. The van der Waals surface area contributed by atoms with Gasteiger partial charge in [0.15, 0.2) is 24.8 Å². The smallest absolute Gasteiger partial charge is 0.400 e. The third kappa shape index (κ3) is 12.5. The first-order chi connectivity index (χ1) is 27.3. The summed E-state index contributed by atoms with van der Waals surface area (Å²) in [7, 11) is 1.39. The number of methoxy groups -OCH3 is 1. The molecule has 2 aliphatic rings. The molecule has 0 N–H and O–H groups in total. The van der Waals surface area contributed by atoms with E-state index >= 15 is 13.2 Å². The first-order valence-corrected chi connectivity index (χ1v) is 18.3. The van der Waals surface area contributed by atoms with Crippen LogP contribution >= 0.6 is 0 Å². The molecule has 0 radical (unpaired) electrons. The quantitative estimate of drug-likeness (QED) is 0.126. The number of hydrogen-bond acceptors (Lipinski definition) is 13. The van der Waals surface area contributed by atoms with Gasteiger partial charge in [0.1, 0.15) is 43.0 Å². The molecule has 10 atom stereocenters. The molecule has 2 unspecified atom stereocenters. The average Bonchev–Trinajstić information content (AvgIpc) is 3.18. The van der Waals surface area contributed by atoms with Gasteiger partial charge in [0, 0.05) is 27.9 Å². The lowest BCUT2D eigenvalue weighted by atomic mass is 9.89. The van der Waals surface area contributed by atoms with Gasteiger partial charge in [-0.3, -0.25) is 14.4 Å². The fourth-order valence-corrected chi connectivity index (χ4v) is 6.65. The zero-order chi connectivity index (χ0) is 41.0. The largest absolute Gasteiger partial charge is 0.463 e. The molecular formula is C41H47F3O13. The van der Waals surface area contributed by atoms with E-state index in [0.717, 1.165) is 37.5 Å². The van der Waals surface area contributed by atoms with Gasteiger partial charge in [-0.25, -0.2) is 0 Å². The highest BCUT2D eigenvalue weighted by Gasteiger charge is 2.61. The number of esters is 3. The summed E-state index contributed by atoms with van der Waals surface area (Å²) in [6.45, 7) is 2.00. The van der Waals surface area contributed by atoms with Gasteiger partial charge in [-0.15, -0.1) is 0 Å². The van der Waals surface area contributed by atoms with Gasteiger partial charge < -0.3 is 47.4 Å². The second-order valence-electron chi connectivity index (χ2n) is 13.5. The lowest BCUT2D eigenvalue weighted by molar-refractivity contribution is -0.362. The van der Waals surface area contributed by atoms with Gasteiger partial charge in [-0.2, -0.15) is 13.2 Å². The van der Waals surface area contributed by atoms with Crippen LogP contribution in [0.25, 0.3) is 0 Å². The predicted molar refractivity (Wildman–Crippen MR) is 193 cm³/mol. The van der Waals surface area contributed by atoms with E-state index in [1.54, 1.807) is 0 Å². The van der Waals surface area contributed by atoms with Gasteiger partial charge in [0.05, 0.1) is 26.4 Å². The van der Waals surface area contributed by atoms with Crippen molar-refractivity contribution in [2.24, 2.45) is 5.92 Å². The number of alkyl halides is 3. The van der Waals surface area contributed by atoms with Crippen LogP contribution in [0.1, 0.15) is 37.5 Å². The second-order valence-corrected chi connectivity index (χ2v) is 13.5. The number of carbonyl (C=O) groups is 3. The Balaban J connectivity index is 1.49. The minimum absolute atomic E-state index is 0.0494. The van der Waals surface area contributed by atoms with E-state index in [1.807, 2.05) is 91.0 Å². The fourth-order valence-electron chi connectivity index (χ4n) is 6.65. The Morgan fingerprint density at radius 3 is 1.44 bits per heavy atom. The van der Waals surface area contributed by atoms with E-state index in [1.165, 1.54) is 7.11 Å². The molecule has 0 aliphatic carbocycles. The molecule has 0 aromatic heterocycles. The molecule has 310 valence electrons. The van der Waals surface area contributed by atoms with E-state index in [0.29, 0.717) is 0 Å². The third-order valence-electron chi connectivity index (χ3n) is 9.18. The normalized spacial score (nSPS) is 27.6. The monoisotopic (exact) mass is 804 g/mol. The number of ether oxygens (including phenoxy) is 10. The SMILES string of the molecule is CO[C@H]1O[C@H](COC2O[C@H](COC(C)=O)[C@@H](OC(C)=O)[C@H](OC(C)=O)[C@@H]2C(F)(F)F)[C@@H](OCc2ccccc2)C(OCc2ccccc2)[C@H]1OCc1ccccc1. The van der Waals surface area contributed by atoms with E-state index in [2.05, 4.69) is 0 Å². The molecule has 57 heavy (non-hydrogen) atoms. The topological polar surface area (TPSA) is 144 Å². The minimum Gasteiger partial charge on any atom is -0.463 e. The van der Waals surface area contributed by atoms with Crippen molar-refractivity contribution in [3.63, 3.8) is 0 Å². The van der Waals surface area contributed by atoms with E-state index in [9.17, 15) is 14.4 Å². The molecule has 2 aliphatic heterocycles. The van der Waals surface area contributed by atoms with Crippen molar-refractivity contribution in [3.8, 4) is 0 Å². The Labute approximate surface area is 328 Å². The van der Waals surface area contributed by atoms with Crippen molar-refractivity contribution in [2.75, 3.05) is 20.3 Å². The summed E-state index contributed by atoms with van der Waals surface area (Å²) in [6, 6.07) is 27.9. The van der Waals surface area contributed by atoms with E-state index in [4.69, 9.17) is 47.4 Å². The van der Waals surface area contributed by atoms with E-state index in [-0.39, 0.29) is 19.8 Å². The number of rotatable bonds is 17. The van der Waals surface area contributed by atoms with Crippen LogP contribution in [0.2, 0.25) is 0 Å². The third-order valence-corrected chi connectivity index (χ3v) is 9.18. The lowest BCUT2D eigenvalue weighted by Gasteiger charge is -2.47. The van der Waals surface area contributed by atoms with Crippen LogP contribution in [-0.2, 0) is 81.6 Å². The number of hydrogen-bond donors (Lipinski definition) is 0. The second kappa shape index (κ2) is 20.8. The van der Waals surface area contributed by atoms with Gasteiger partial charge in [-0.05, 0) is 16.7 Å². The molecule has 3 aromatic rings. The maximum absolute atomic E-state index is 15.0. The maximum Gasteiger partial charge on any atom is 0.400 e. The molecule has 5 rings (SSSR count). The standard InChI is InChI=1S/C41H47F3O13/c1-25(45)49-23-32-35(54-26(2)46)36(55-27(3)47)33(41(42,43)44)39(56-32)53-24-31-34(50-20-28-14-8-5-9-15-28)37(51-21-29-16-10-6-11-17-29)38(40(48-4)57-31)52-22-30-18-12-7-13-19-30/h5-19,31-40H,20-24H2,1-4H3/t31-,32-,33+,34-,35-,36-,37?,38-,39?,40+/m1/s1. The minimum atomic E-state index is -5.13. The molecule has 0 saturated carbocycles. The lowest BCUT2D eigenvalue weighted by Crippen LogP contribution is -2.64. The first-order valence-electron chi connectivity index (χ1n) is 18.3. The van der Waals surface area contributed by atoms with Crippen molar-refractivity contribution in [1.82, 2.24) is 0 Å². The highest BCUT2D eigenvalue weighted by molar-refractivity contribution is 5.68. The van der Waals surface area contributed by atoms with Gasteiger partial charge in [0.25, 0.3) is 0 Å². The van der Waals surface area contributed by atoms with Crippen LogP contribution in [0.5, 0.6) is 0 Å². The van der Waals surface area contributed by atoms with Crippen LogP contribution in [-0.4, -0.2) is 99.7 Å². The molecule has 2 heterocycles. The Bertz CT molecular complexity index is 1700. The van der Waals surface area contributed by atoms with Crippen molar-refractivity contribution in [1.29, 1.82) is 0 Å². The van der Waals surface area contributed by atoms with Crippen LogP contribution in [0.4, 0.5) is 13.2 Å². The molecule has 3 aromatic carbocycles. The number of carbonyl (C=O) groups excluding carboxylic acids is 3. The summed E-state index contributed by atoms with van der Waals surface area (Å²) in [5, 5.41) is 0. The zero-order valence-electron chi connectivity index (χ0n) is 31.9. The van der Waals surface area contributed by atoms with Crippen molar-refractivity contribution >= 4 is 17.9 Å². The highest BCUT2D eigenvalue weighted by atomic mass is 19.4. The van der Waals surface area contributed by atoms with Crippen LogP contribution in [0, 0.1) is 5.92 Å². The van der Waals surface area contributed by atoms with E-state index < -0.39 is 98.5 Å². The molecule has 0 spiro atoms. The van der Waals surface area contributed by atoms with Crippen LogP contribution < -0.4 is 0 Å². The van der Waals surface area contributed by atoms with Gasteiger partial charge >= 0.3 is 24.1 Å². The summed E-state index contributed by atoms with van der Waals surface area (Å²) in [4.78, 5) is 36.0. The summed E-state index contributed by atoms with van der Waals surface area (Å²) in [5.41, 5.74) is 2.47. The van der Waals surface area contributed by atoms with Crippen LogP contribution in [0.15, 0.2) is 91.0 Å². The highest BCUT2D eigenvalue weighted by Crippen LogP contribution is 2.42. The average molecular weight is 805 g/mol. The molecule has 0 amide bonds. The zero-order valence-corrected chi connectivity index (χ0v) is 31.9. The van der Waals surface area contributed by atoms with Crippen molar-refractivity contribution in [3.05, 3.63) is 108 Å². The molecule has 2 fully saturated rings. The Morgan fingerprint density at radius 1 is 0.544 bits per heavy atom. The molecule has 2 saturated heterocycles. The molecule has 0 bridgehead atoms. The van der Waals surface area contributed by atoms with Crippen molar-refractivity contribution in [2.45, 2.75) is 102 Å². The molecule has 16 heteroatoms. The molecule has 13 nitrogen and oxygen atoms in total.